The van der Waals surface area contributed by atoms with Gasteiger partial charge in [-0.05, 0) is 19.3 Å². The number of ether oxygens (including phenoxy) is 1. The molecule has 0 aromatic carbocycles. The van der Waals surface area contributed by atoms with Crippen LogP contribution in [0.3, 0.4) is 0 Å². The number of thioether (sulfide) groups is 1. The fraction of sp³-hybridized carbons (Fsp3) is 0.385. The Bertz CT molecular complexity index is 692. The number of rotatable bonds is 6. The van der Waals surface area contributed by atoms with Crippen molar-refractivity contribution in [3.8, 4) is 0 Å². The van der Waals surface area contributed by atoms with E-state index in [9.17, 15) is 19.2 Å². The van der Waals surface area contributed by atoms with Crippen LogP contribution in [0.25, 0.3) is 6.08 Å². The molecule has 1 amide bonds. The molecule has 9 heteroatoms. The number of hydrogen-bond donors (Lipinski definition) is 3. The number of esters is 1. The molecule has 8 nitrogen and oxygen atoms in total. The lowest BCUT2D eigenvalue weighted by Crippen LogP contribution is -2.42. The highest BCUT2D eigenvalue weighted by Crippen LogP contribution is 2.01. The van der Waals surface area contributed by atoms with E-state index in [0.29, 0.717) is 11.4 Å². The number of H-pyrrole nitrogens is 2. The molecule has 0 bridgehead atoms. The number of hydrogen-bond acceptors (Lipinski definition) is 6. The first kappa shape index (κ1) is 17.8. The van der Waals surface area contributed by atoms with Crippen molar-refractivity contribution in [3.63, 3.8) is 0 Å². The molecular weight excluding hydrogens is 310 g/mol. The SMILES string of the molecule is COC(=O)[C@H](CSC)NC(=O)/C=C/c1c(C)[nH]c(=O)[nH]c1=O. The lowest BCUT2D eigenvalue weighted by atomic mass is 10.2. The van der Waals surface area contributed by atoms with Gasteiger partial charge in [-0.3, -0.25) is 14.6 Å². The molecule has 1 aromatic heterocycles. The van der Waals surface area contributed by atoms with E-state index in [1.807, 2.05) is 0 Å². The molecule has 1 aromatic rings. The van der Waals surface area contributed by atoms with Crippen molar-refractivity contribution in [1.29, 1.82) is 0 Å². The van der Waals surface area contributed by atoms with Gasteiger partial charge in [0, 0.05) is 17.5 Å². The van der Waals surface area contributed by atoms with Crippen LogP contribution in [0.2, 0.25) is 0 Å². The summed E-state index contributed by atoms with van der Waals surface area (Å²) < 4.78 is 4.59. The molecule has 0 unspecified atom stereocenters. The summed E-state index contributed by atoms with van der Waals surface area (Å²) in [5.74, 6) is -0.728. The summed E-state index contributed by atoms with van der Waals surface area (Å²) in [6.07, 6.45) is 4.18. The molecule has 0 aliphatic rings. The third-order valence-electron chi connectivity index (χ3n) is 2.71. The molecule has 0 aliphatic heterocycles. The summed E-state index contributed by atoms with van der Waals surface area (Å²) in [6.45, 7) is 1.54. The molecule has 0 saturated carbocycles. The van der Waals surface area contributed by atoms with Gasteiger partial charge >= 0.3 is 11.7 Å². The number of aromatic nitrogens is 2. The standard InChI is InChI=1S/C13H17N3O5S/c1-7-8(11(18)16-13(20)14-7)4-5-10(17)15-9(6-22-3)12(19)21-2/h4-5,9H,6H2,1-3H3,(H,15,17)(H2,14,16,18,20)/b5-4+/t9-/m0/s1. The van der Waals surface area contributed by atoms with Gasteiger partial charge in [0.1, 0.15) is 6.04 Å². The molecule has 0 radical (unpaired) electrons. The topological polar surface area (TPSA) is 121 Å². The first-order valence-corrected chi connectivity index (χ1v) is 7.67. The fourth-order valence-electron chi connectivity index (χ4n) is 1.67. The van der Waals surface area contributed by atoms with Gasteiger partial charge in [-0.25, -0.2) is 9.59 Å². The first-order valence-electron chi connectivity index (χ1n) is 6.27. The molecule has 0 spiro atoms. The maximum atomic E-state index is 11.8. The summed E-state index contributed by atoms with van der Waals surface area (Å²) in [5, 5.41) is 2.48. The summed E-state index contributed by atoms with van der Waals surface area (Å²) in [7, 11) is 1.24. The average Bonchev–Trinajstić information content (AvgIpc) is 2.44. The third kappa shape index (κ3) is 4.92. The van der Waals surface area contributed by atoms with Crippen LogP contribution in [0.15, 0.2) is 15.7 Å². The van der Waals surface area contributed by atoms with Crippen molar-refractivity contribution < 1.29 is 14.3 Å². The maximum absolute atomic E-state index is 11.8. The Balaban J connectivity index is 2.86. The molecule has 22 heavy (non-hydrogen) atoms. The van der Waals surface area contributed by atoms with Crippen LogP contribution in [0.1, 0.15) is 11.3 Å². The normalized spacial score (nSPS) is 12.1. The minimum Gasteiger partial charge on any atom is -0.467 e. The second-order valence-electron chi connectivity index (χ2n) is 4.32. The number of aromatic amines is 2. The molecule has 3 N–H and O–H groups in total. The van der Waals surface area contributed by atoms with Crippen LogP contribution in [-0.4, -0.2) is 47.0 Å². The quantitative estimate of drug-likeness (QED) is 0.474. The third-order valence-corrected chi connectivity index (χ3v) is 3.38. The van der Waals surface area contributed by atoms with Gasteiger partial charge in [0.15, 0.2) is 0 Å². The maximum Gasteiger partial charge on any atom is 0.329 e. The summed E-state index contributed by atoms with van der Waals surface area (Å²) in [5.41, 5.74) is -0.713. The molecule has 1 heterocycles. The zero-order valence-electron chi connectivity index (χ0n) is 12.4. The minimum absolute atomic E-state index is 0.161. The molecule has 0 fully saturated rings. The molecule has 0 saturated heterocycles. The average molecular weight is 327 g/mol. The van der Waals surface area contributed by atoms with Crippen LogP contribution < -0.4 is 16.6 Å². The van der Waals surface area contributed by atoms with Gasteiger partial charge in [0.25, 0.3) is 5.56 Å². The lowest BCUT2D eigenvalue weighted by molar-refractivity contribution is -0.143. The van der Waals surface area contributed by atoms with E-state index in [0.717, 1.165) is 6.08 Å². The molecule has 0 aliphatic carbocycles. The predicted octanol–water partition coefficient (Wildman–Crippen LogP) is -0.594. The van der Waals surface area contributed by atoms with E-state index in [-0.39, 0.29) is 5.56 Å². The highest BCUT2D eigenvalue weighted by atomic mass is 32.2. The van der Waals surface area contributed by atoms with Gasteiger partial charge in [-0.1, -0.05) is 0 Å². The highest BCUT2D eigenvalue weighted by molar-refractivity contribution is 7.98. The second-order valence-corrected chi connectivity index (χ2v) is 5.23. The van der Waals surface area contributed by atoms with Gasteiger partial charge < -0.3 is 15.0 Å². The van der Waals surface area contributed by atoms with Gasteiger partial charge in [-0.2, -0.15) is 11.8 Å². The Labute approximate surface area is 130 Å². The van der Waals surface area contributed by atoms with E-state index in [4.69, 9.17) is 0 Å². The van der Waals surface area contributed by atoms with Crippen molar-refractivity contribution in [2.75, 3.05) is 19.1 Å². The zero-order chi connectivity index (χ0) is 16.7. The number of amides is 1. The second kappa shape index (κ2) is 8.23. The Kier molecular flexibility index (Phi) is 6.64. The number of methoxy groups -OCH3 is 1. The van der Waals surface area contributed by atoms with Crippen LogP contribution in [0, 0.1) is 6.92 Å². The number of carbonyl (C=O) groups excluding carboxylic acids is 2. The zero-order valence-corrected chi connectivity index (χ0v) is 13.2. The molecule has 120 valence electrons. The van der Waals surface area contributed by atoms with E-state index < -0.39 is 29.2 Å². The first-order chi connectivity index (χ1) is 10.4. The number of aryl methyl sites for hydroxylation is 1. The van der Waals surface area contributed by atoms with Crippen molar-refractivity contribution >= 4 is 29.7 Å². The van der Waals surface area contributed by atoms with Crippen molar-refractivity contribution in [1.82, 2.24) is 15.3 Å². The smallest absolute Gasteiger partial charge is 0.329 e. The summed E-state index contributed by atoms with van der Waals surface area (Å²) in [6, 6.07) is -0.771. The Hall–Kier alpha value is -2.29. The van der Waals surface area contributed by atoms with Crippen LogP contribution in [0.5, 0.6) is 0 Å². The summed E-state index contributed by atoms with van der Waals surface area (Å²) >= 11 is 1.38. The van der Waals surface area contributed by atoms with Crippen molar-refractivity contribution in [3.05, 3.63) is 38.2 Å². The van der Waals surface area contributed by atoms with Gasteiger partial charge in [-0.15, -0.1) is 0 Å². The Morgan fingerprint density at radius 3 is 2.59 bits per heavy atom. The molecular formula is C13H17N3O5S. The fourth-order valence-corrected chi connectivity index (χ4v) is 2.22. The largest absolute Gasteiger partial charge is 0.467 e. The van der Waals surface area contributed by atoms with Gasteiger partial charge in [0.2, 0.25) is 5.91 Å². The van der Waals surface area contributed by atoms with Crippen LogP contribution >= 0.6 is 11.8 Å². The van der Waals surface area contributed by atoms with Crippen molar-refractivity contribution in [2.24, 2.45) is 0 Å². The predicted molar refractivity (Wildman–Crippen MR) is 83.8 cm³/mol. The van der Waals surface area contributed by atoms with Gasteiger partial charge in [0.05, 0.1) is 12.7 Å². The Morgan fingerprint density at radius 2 is 2.05 bits per heavy atom. The van der Waals surface area contributed by atoms with Crippen molar-refractivity contribution in [2.45, 2.75) is 13.0 Å². The van der Waals surface area contributed by atoms with E-state index >= 15 is 0 Å². The number of carbonyl (C=O) groups is 2. The highest BCUT2D eigenvalue weighted by Gasteiger charge is 2.19. The van der Waals surface area contributed by atoms with Crippen LogP contribution in [-0.2, 0) is 14.3 Å². The van der Waals surface area contributed by atoms with E-state index in [1.165, 1.54) is 24.9 Å². The number of nitrogens with one attached hydrogen (secondary N) is 3. The van der Waals surface area contributed by atoms with E-state index in [2.05, 4.69) is 20.0 Å². The molecule has 1 atom stereocenters. The monoisotopic (exact) mass is 327 g/mol. The lowest BCUT2D eigenvalue weighted by Gasteiger charge is -2.13. The minimum atomic E-state index is -0.771. The summed E-state index contributed by atoms with van der Waals surface area (Å²) in [4.78, 5) is 50.5. The Morgan fingerprint density at radius 1 is 1.36 bits per heavy atom. The molecule has 1 rings (SSSR count). The van der Waals surface area contributed by atoms with Crippen LogP contribution in [0.4, 0.5) is 0 Å². The van der Waals surface area contributed by atoms with E-state index in [1.54, 1.807) is 13.2 Å².